The van der Waals surface area contributed by atoms with Crippen LogP contribution in [0.15, 0.2) is 101 Å². The summed E-state index contributed by atoms with van der Waals surface area (Å²) in [5.74, 6) is 13.0. The second-order valence-electron chi connectivity index (χ2n) is 15.2. The molecule has 4 amide bonds. The molecule has 14 nitrogen and oxygen atoms in total. The van der Waals surface area contributed by atoms with Crippen LogP contribution in [0.3, 0.4) is 0 Å². The number of nitrogens with zero attached hydrogens (tertiary/aromatic N) is 4. The van der Waals surface area contributed by atoms with Crippen molar-refractivity contribution in [2.24, 2.45) is 5.92 Å². The van der Waals surface area contributed by atoms with Gasteiger partial charge in [-0.3, -0.25) is 9.59 Å². The summed E-state index contributed by atoms with van der Waals surface area (Å²) in [6.45, 7) is 4.87. The van der Waals surface area contributed by atoms with E-state index in [0.29, 0.717) is 42.4 Å². The molecule has 4 heterocycles. The summed E-state index contributed by atoms with van der Waals surface area (Å²) >= 11 is 1.59. The number of alkyl carbamates (subject to hydrolysis) is 2. The van der Waals surface area contributed by atoms with E-state index in [2.05, 4.69) is 55.3 Å². The first-order valence-corrected chi connectivity index (χ1v) is 21.3. The molecule has 15 heteroatoms. The number of aromatic nitrogens is 4. The standard InChI is InChI=1S/C47H48N8O6S/c1-30(2)40(52-46(58)60-3)44(56)54-25-14-22-38(54)43-49-29-36(51-43)33-24-23-31(39(27-33)62-35-19-9-6-10-20-35)15-11-12-18-34-28-48-42(50-34)37-21-13-26-55(37)45(57)41(53-47(59)61-4)32-16-7-5-8-17-32/h5-10,16-17,19-20,23-24,27-30,37-38,40-41H,13-14,21-22,25-26H2,1-4H3,(H,48,50)(H,49,51)(H,52,58)(H,53,59)/t37-,38-,40-,41+/m0/s1. The first kappa shape index (κ1) is 43.1. The van der Waals surface area contributed by atoms with Crippen molar-refractivity contribution >= 4 is 35.8 Å². The van der Waals surface area contributed by atoms with Crippen molar-refractivity contribution in [3.8, 4) is 34.9 Å². The number of hydrogen-bond donors (Lipinski definition) is 4. The minimum Gasteiger partial charge on any atom is -0.453 e. The quantitative estimate of drug-likeness (QED) is 0.101. The molecule has 4 atom stereocenters. The molecule has 62 heavy (non-hydrogen) atoms. The van der Waals surface area contributed by atoms with Crippen molar-refractivity contribution < 1.29 is 28.7 Å². The number of carbonyl (C=O) groups excluding carboxylic acids is 4. The van der Waals surface area contributed by atoms with Crippen LogP contribution in [0.5, 0.6) is 0 Å². The predicted octanol–water partition coefficient (Wildman–Crippen LogP) is 7.16. The third kappa shape index (κ3) is 10.1. The van der Waals surface area contributed by atoms with E-state index < -0.39 is 24.3 Å². The minimum atomic E-state index is -0.910. The maximum Gasteiger partial charge on any atom is 0.407 e. The van der Waals surface area contributed by atoms with E-state index in [1.807, 2.05) is 74.5 Å². The third-order valence-corrected chi connectivity index (χ3v) is 11.9. The molecule has 2 saturated heterocycles. The summed E-state index contributed by atoms with van der Waals surface area (Å²) in [5.41, 5.74) is 3.72. The normalized spacial score (nSPS) is 16.7. The first-order chi connectivity index (χ1) is 30.1. The zero-order valence-electron chi connectivity index (χ0n) is 34.9. The molecule has 2 aromatic heterocycles. The van der Waals surface area contributed by atoms with Crippen LogP contribution in [0.2, 0.25) is 0 Å². The van der Waals surface area contributed by atoms with Crippen LogP contribution in [0.25, 0.3) is 11.3 Å². The van der Waals surface area contributed by atoms with Gasteiger partial charge in [-0.2, -0.15) is 0 Å². The zero-order valence-corrected chi connectivity index (χ0v) is 35.8. The highest BCUT2D eigenvalue weighted by atomic mass is 32.2. The second kappa shape index (κ2) is 20.1. The van der Waals surface area contributed by atoms with E-state index in [4.69, 9.17) is 14.5 Å². The fourth-order valence-electron chi connectivity index (χ4n) is 7.70. The van der Waals surface area contributed by atoms with Crippen LogP contribution in [-0.4, -0.2) is 87.1 Å². The highest BCUT2D eigenvalue weighted by Gasteiger charge is 2.38. The van der Waals surface area contributed by atoms with Gasteiger partial charge in [0.2, 0.25) is 5.91 Å². The number of benzene rings is 3. The molecule has 318 valence electrons. The maximum absolute atomic E-state index is 13.9. The van der Waals surface area contributed by atoms with Crippen molar-refractivity contribution in [1.29, 1.82) is 0 Å². The number of hydrogen-bond acceptors (Lipinski definition) is 9. The molecule has 0 aliphatic carbocycles. The van der Waals surface area contributed by atoms with Crippen LogP contribution in [0, 0.1) is 29.6 Å². The number of amides is 4. The van der Waals surface area contributed by atoms with E-state index in [1.165, 1.54) is 14.2 Å². The molecule has 0 bridgehead atoms. The van der Waals surface area contributed by atoms with Crippen LogP contribution in [0.1, 0.15) is 86.1 Å². The fourth-order valence-corrected chi connectivity index (χ4v) is 8.66. The van der Waals surface area contributed by atoms with E-state index in [9.17, 15) is 19.2 Å². The molecule has 2 fully saturated rings. The Kier molecular flexibility index (Phi) is 14.0. The lowest BCUT2D eigenvalue weighted by Crippen LogP contribution is -2.51. The lowest BCUT2D eigenvalue weighted by atomic mass is 10.0. The van der Waals surface area contributed by atoms with Gasteiger partial charge in [-0.15, -0.1) is 0 Å². The Morgan fingerprint density at radius 3 is 2.05 bits per heavy atom. The number of H-pyrrole nitrogens is 2. The monoisotopic (exact) mass is 852 g/mol. The number of carbonyl (C=O) groups is 4. The van der Waals surface area contributed by atoms with Gasteiger partial charge in [-0.1, -0.05) is 86.1 Å². The van der Waals surface area contributed by atoms with Crippen LogP contribution in [0.4, 0.5) is 9.59 Å². The first-order valence-electron chi connectivity index (χ1n) is 20.5. The molecule has 0 spiro atoms. The van der Waals surface area contributed by atoms with Gasteiger partial charge in [-0.05, 0) is 79.2 Å². The Bertz CT molecular complexity index is 2520. The van der Waals surface area contributed by atoms with E-state index in [0.717, 1.165) is 45.9 Å². The fraction of sp³-hybridized carbons (Fsp3) is 0.319. The molecular weight excluding hydrogens is 805 g/mol. The highest BCUT2D eigenvalue weighted by Crippen LogP contribution is 2.36. The molecule has 3 aromatic carbocycles. The van der Waals surface area contributed by atoms with Crippen molar-refractivity contribution in [2.45, 2.75) is 73.5 Å². The average molecular weight is 853 g/mol. The molecule has 7 rings (SSSR count). The number of imidazole rings is 2. The van der Waals surface area contributed by atoms with Gasteiger partial charge in [0, 0.05) is 34.0 Å². The van der Waals surface area contributed by atoms with Crippen molar-refractivity contribution in [2.75, 3.05) is 27.3 Å². The van der Waals surface area contributed by atoms with Gasteiger partial charge < -0.3 is 39.9 Å². The summed E-state index contributed by atoms with van der Waals surface area (Å²) in [5, 5.41) is 5.39. The van der Waals surface area contributed by atoms with Gasteiger partial charge in [-0.25, -0.2) is 19.6 Å². The third-order valence-electron chi connectivity index (χ3n) is 10.8. The summed E-state index contributed by atoms with van der Waals surface area (Å²) in [7, 11) is 2.55. The maximum atomic E-state index is 13.9. The van der Waals surface area contributed by atoms with Gasteiger partial charge in [0.15, 0.2) is 0 Å². The summed E-state index contributed by atoms with van der Waals surface area (Å²) in [6.07, 6.45) is 5.14. The van der Waals surface area contributed by atoms with E-state index in [1.54, 1.807) is 46.1 Å². The average Bonchev–Trinajstić information content (AvgIpc) is 4.14. The lowest BCUT2D eigenvalue weighted by Gasteiger charge is -2.30. The lowest BCUT2D eigenvalue weighted by molar-refractivity contribution is -0.135. The smallest absolute Gasteiger partial charge is 0.407 e. The Morgan fingerprint density at radius 2 is 1.37 bits per heavy atom. The molecule has 5 aromatic rings. The van der Waals surface area contributed by atoms with E-state index in [-0.39, 0.29) is 29.8 Å². The highest BCUT2D eigenvalue weighted by molar-refractivity contribution is 7.99. The van der Waals surface area contributed by atoms with Gasteiger partial charge in [0.05, 0.1) is 44.4 Å². The second-order valence-corrected chi connectivity index (χ2v) is 16.3. The number of aromatic amines is 2. The Balaban J connectivity index is 1.08. The van der Waals surface area contributed by atoms with Gasteiger partial charge in [0.1, 0.15) is 29.4 Å². The molecule has 0 unspecified atom stereocenters. The van der Waals surface area contributed by atoms with Gasteiger partial charge >= 0.3 is 12.2 Å². The molecule has 2 aliphatic rings. The summed E-state index contributed by atoms with van der Waals surface area (Å²) < 4.78 is 9.60. The summed E-state index contributed by atoms with van der Waals surface area (Å²) in [6, 6.07) is 22.9. The van der Waals surface area contributed by atoms with Crippen LogP contribution >= 0.6 is 11.8 Å². The number of ether oxygens (including phenoxy) is 2. The summed E-state index contributed by atoms with van der Waals surface area (Å²) in [4.78, 5) is 73.4. The zero-order chi connectivity index (χ0) is 43.6. The Morgan fingerprint density at radius 1 is 0.758 bits per heavy atom. The number of likely N-dealkylation sites (tertiary alicyclic amines) is 2. The number of rotatable bonds is 11. The van der Waals surface area contributed by atoms with E-state index >= 15 is 0 Å². The molecule has 0 saturated carbocycles. The van der Waals surface area contributed by atoms with Crippen molar-refractivity contribution in [3.05, 3.63) is 120 Å². The Labute approximate surface area is 365 Å². The van der Waals surface area contributed by atoms with Gasteiger partial charge in [0.25, 0.3) is 5.91 Å². The Hall–Kier alpha value is -6.97. The minimum absolute atomic E-state index is 0.132. The molecule has 4 N–H and O–H groups in total. The van der Waals surface area contributed by atoms with Crippen molar-refractivity contribution in [3.63, 3.8) is 0 Å². The molecule has 0 radical (unpaired) electrons. The number of nitrogens with one attached hydrogen (secondary N) is 4. The molecule has 2 aliphatic heterocycles. The van der Waals surface area contributed by atoms with Crippen LogP contribution < -0.4 is 10.6 Å². The van der Waals surface area contributed by atoms with Crippen molar-refractivity contribution in [1.82, 2.24) is 40.4 Å². The largest absolute Gasteiger partial charge is 0.453 e. The number of methoxy groups -OCH3 is 2. The van der Waals surface area contributed by atoms with Crippen LogP contribution in [-0.2, 0) is 19.1 Å². The molecular formula is C47H48N8O6S. The topological polar surface area (TPSA) is 175 Å². The predicted molar refractivity (Wildman–Crippen MR) is 233 cm³/mol. The SMILES string of the molecule is COC(=O)N[C@H](C(=O)N1CCC[C@H]1c1ncc(-c2ccc(C#CC#Cc3cnc([C@@H]4CCCN4C(=O)[C@H](NC(=O)OC)c4ccccc4)[nH]3)c(Sc3ccccc3)c2)[nH]1)C(C)C.